The van der Waals surface area contributed by atoms with Gasteiger partial charge in [0, 0.05) is 17.5 Å². The number of carbonyl (C=O) groups is 1. The number of nitrogens with zero attached hydrogens (tertiary/aromatic N) is 1. The molecule has 0 saturated carbocycles. The molecule has 3 N–H and O–H groups in total. The van der Waals surface area contributed by atoms with Gasteiger partial charge in [-0.2, -0.15) is 5.10 Å². The molecule has 3 rings (SSSR count). The zero-order valence-corrected chi connectivity index (χ0v) is 15.2. The molecule has 27 heavy (non-hydrogen) atoms. The van der Waals surface area contributed by atoms with E-state index in [4.69, 9.17) is 0 Å². The first-order chi connectivity index (χ1) is 12.8. The number of sulfone groups is 1. The smallest absolute Gasteiger partial charge is 0.307 e. The van der Waals surface area contributed by atoms with E-state index >= 15 is 0 Å². The van der Waals surface area contributed by atoms with Crippen LogP contribution in [-0.4, -0.2) is 30.9 Å². The SMILES string of the molecule is CS(=O)(=O)Cc1cc(F)ccc1NC(=O)Nc1cn[nH]c1-c1ccccc1. The average Bonchev–Trinajstić information content (AvgIpc) is 3.05. The van der Waals surface area contributed by atoms with Crippen LogP contribution in [0.3, 0.4) is 0 Å². The summed E-state index contributed by atoms with van der Waals surface area (Å²) in [6.45, 7) is 0. The number of carbonyl (C=O) groups excluding carboxylic acids is 1. The summed E-state index contributed by atoms with van der Waals surface area (Å²) in [6, 6.07) is 12.3. The summed E-state index contributed by atoms with van der Waals surface area (Å²) in [7, 11) is -3.40. The Morgan fingerprint density at radius 1 is 1.11 bits per heavy atom. The molecule has 0 radical (unpaired) electrons. The van der Waals surface area contributed by atoms with Crippen molar-refractivity contribution in [3.63, 3.8) is 0 Å². The molecule has 0 atom stereocenters. The van der Waals surface area contributed by atoms with E-state index in [-0.39, 0.29) is 17.0 Å². The molecule has 0 fully saturated rings. The maximum atomic E-state index is 13.5. The van der Waals surface area contributed by atoms with E-state index in [0.717, 1.165) is 24.0 Å². The van der Waals surface area contributed by atoms with Crippen LogP contribution >= 0.6 is 0 Å². The van der Waals surface area contributed by atoms with E-state index in [0.29, 0.717) is 11.4 Å². The van der Waals surface area contributed by atoms with Crippen LogP contribution in [0.2, 0.25) is 0 Å². The van der Waals surface area contributed by atoms with Crippen molar-refractivity contribution in [3.05, 3.63) is 66.1 Å². The Hall–Kier alpha value is -3.20. The molecule has 0 aliphatic rings. The van der Waals surface area contributed by atoms with E-state index in [1.165, 1.54) is 12.3 Å². The number of rotatable bonds is 5. The average molecular weight is 388 g/mol. The van der Waals surface area contributed by atoms with Crippen LogP contribution in [0.5, 0.6) is 0 Å². The number of anilines is 2. The fourth-order valence-electron chi connectivity index (χ4n) is 2.57. The highest BCUT2D eigenvalue weighted by atomic mass is 32.2. The van der Waals surface area contributed by atoms with Crippen molar-refractivity contribution < 1.29 is 17.6 Å². The quantitative estimate of drug-likeness (QED) is 0.623. The molecular formula is C18H17FN4O3S. The number of nitrogens with one attached hydrogen (secondary N) is 3. The summed E-state index contributed by atoms with van der Waals surface area (Å²) in [6.07, 6.45) is 2.50. The number of urea groups is 1. The van der Waals surface area contributed by atoms with E-state index in [1.807, 2.05) is 30.3 Å². The Labute approximate surface area is 155 Å². The molecule has 0 aliphatic heterocycles. The Balaban J connectivity index is 1.79. The lowest BCUT2D eigenvalue weighted by atomic mass is 10.1. The fourth-order valence-corrected chi connectivity index (χ4v) is 3.37. The molecule has 9 heteroatoms. The Morgan fingerprint density at radius 2 is 1.81 bits per heavy atom. The largest absolute Gasteiger partial charge is 0.323 e. The summed E-state index contributed by atoms with van der Waals surface area (Å²) < 4.78 is 36.6. The first-order valence-corrected chi connectivity index (χ1v) is 10.0. The standard InChI is InChI=1S/C18H17FN4O3S/c1-27(25,26)11-13-9-14(19)7-8-15(13)21-18(24)22-16-10-20-23-17(16)12-5-3-2-4-6-12/h2-10H,11H2,1H3,(H,20,23)(H2,21,22,24). The number of hydrogen-bond acceptors (Lipinski definition) is 4. The fraction of sp³-hybridized carbons (Fsp3) is 0.111. The second-order valence-electron chi connectivity index (χ2n) is 5.98. The van der Waals surface area contributed by atoms with Crippen molar-refractivity contribution in [1.82, 2.24) is 10.2 Å². The van der Waals surface area contributed by atoms with Gasteiger partial charge >= 0.3 is 6.03 Å². The molecule has 1 aromatic heterocycles. The van der Waals surface area contributed by atoms with Gasteiger partial charge in [-0.15, -0.1) is 0 Å². The third kappa shape index (κ3) is 4.91. The van der Waals surface area contributed by atoms with Gasteiger partial charge in [-0.05, 0) is 23.8 Å². The highest BCUT2D eigenvalue weighted by Crippen LogP contribution is 2.25. The molecular weight excluding hydrogens is 371 g/mol. The Kier molecular flexibility index (Phi) is 5.22. The molecule has 0 aliphatic carbocycles. The minimum atomic E-state index is -3.40. The number of aromatic amines is 1. The van der Waals surface area contributed by atoms with Gasteiger partial charge in [0.2, 0.25) is 0 Å². The van der Waals surface area contributed by atoms with Crippen molar-refractivity contribution in [2.45, 2.75) is 5.75 Å². The van der Waals surface area contributed by atoms with E-state index in [1.54, 1.807) is 0 Å². The van der Waals surface area contributed by atoms with E-state index < -0.39 is 21.7 Å². The van der Waals surface area contributed by atoms with Gasteiger partial charge < -0.3 is 10.6 Å². The summed E-state index contributed by atoms with van der Waals surface area (Å²) >= 11 is 0. The van der Waals surface area contributed by atoms with Gasteiger partial charge in [0.15, 0.2) is 9.84 Å². The molecule has 140 valence electrons. The number of halogens is 1. The predicted octanol–water partition coefficient (Wildman–Crippen LogP) is 3.40. The topological polar surface area (TPSA) is 104 Å². The highest BCUT2D eigenvalue weighted by Gasteiger charge is 2.15. The number of hydrogen-bond donors (Lipinski definition) is 3. The maximum Gasteiger partial charge on any atom is 0.323 e. The summed E-state index contributed by atoms with van der Waals surface area (Å²) in [5.74, 6) is -0.970. The van der Waals surface area contributed by atoms with Crippen molar-refractivity contribution >= 4 is 27.2 Å². The third-order valence-electron chi connectivity index (χ3n) is 3.68. The zero-order chi connectivity index (χ0) is 19.4. The van der Waals surface area contributed by atoms with Crippen LogP contribution < -0.4 is 10.6 Å². The summed E-state index contributed by atoms with van der Waals surface area (Å²) in [5, 5.41) is 12.0. The predicted molar refractivity (Wildman–Crippen MR) is 102 cm³/mol. The molecule has 3 aromatic rings. The van der Waals surface area contributed by atoms with Crippen molar-refractivity contribution in [2.75, 3.05) is 16.9 Å². The van der Waals surface area contributed by atoms with Crippen molar-refractivity contribution in [1.29, 1.82) is 0 Å². The first kappa shape index (κ1) is 18.6. The number of amides is 2. The lowest BCUT2D eigenvalue weighted by Gasteiger charge is -2.12. The molecule has 0 saturated heterocycles. The monoisotopic (exact) mass is 388 g/mol. The molecule has 0 spiro atoms. The van der Waals surface area contributed by atoms with Crippen LogP contribution in [0.15, 0.2) is 54.7 Å². The van der Waals surface area contributed by atoms with Crippen LogP contribution in [0.4, 0.5) is 20.6 Å². The number of H-pyrrole nitrogens is 1. The van der Waals surface area contributed by atoms with Gasteiger partial charge in [0.1, 0.15) is 5.82 Å². The molecule has 2 aromatic carbocycles. The lowest BCUT2D eigenvalue weighted by Crippen LogP contribution is -2.21. The van der Waals surface area contributed by atoms with Crippen molar-refractivity contribution in [3.8, 4) is 11.3 Å². The molecule has 2 amide bonds. The Bertz CT molecular complexity index is 1070. The van der Waals surface area contributed by atoms with Crippen LogP contribution in [0.1, 0.15) is 5.56 Å². The summed E-state index contributed by atoms with van der Waals surface area (Å²) in [4.78, 5) is 12.4. The minimum Gasteiger partial charge on any atom is -0.307 e. The minimum absolute atomic E-state index is 0.170. The molecule has 1 heterocycles. The Morgan fingerprint density at radius 3 is 2.52 bits per heavy atom. The summed E-state index contributed by atoms with van der Waals surface area (Å²) in [5.41, 5.74) is 2.30. The van der Waals surface area contributed by atoms with E-state index in [2.05, 4.69) is 20.8 Å². The van der Waals surface area contributed by atoms with Gasteiger partial charge in [-0.1, -0.05) is 30.3 Å². The van der Waals surface area contributed by atoms with Gasteiger partial charge in [-0.25, -0.2) is 17.6 Å². The second kappa shape index (κ2) is 7.58. The molecule has 0 bridgehead atoms. The zero-order valence-electron chi connectivity index (χ0n) is 14.4. The van der Waals surface area contributed by atoms with Crippen LogP contribution in [0, 0.1) is 5.82 Å². The molecule has 7 nitrogen and oxygen atoms in total. The van der Waals surface area contributed by atoms with Gasteiger partial charge in [0.05, 0.1) is 23.3 Å². The number of aromatic nitrogens is 2. The molecule has 0 unspecified atom stereocenters. The normalized spacial score (nSPS) is 11.2. The van der Waals surface area contributed by atoms with E-state index in [9.17, 15) is 17.6 Å². The van der Waals surface area contributed by atoms with Gasteiger partial charge in [-0.3, -0.25) is 5.10 Å². The number of benzene rings is 2. The third-order valence-corrected chi connectivity index (χ3v) is 4.52. The second-order valence-corrected chi connectivity index (χ2v) is 8.12. The highest BCUT2D eigenvalue weighted by molar-refractivity contribution is 7.89. The lowest BCUT2D eigenvalue weighted by molar-refractivity contribution is 0.262. The van der Waals surface area contributed by atoms with Gasteiger partial charge in [0.25, 0.3) is 0 Å². The first-order valence-electron chi connectivity index (χ1n) is 7.95. The van der Waals surface area contributed by atoms with Crippen LogP contribution in [0.25, 0.3) is 11.3 Å². The maximum absolute atomic E-state index is 13.5. The van der Waals surface area contributed by atoms with Crippen molar-refractivity contribution in [2.24, 2.45) is 0 Å². The van der Waals surface area contributed by atoms with Crippen LogP contribution in [-0.2, 0) is 15.6 Å².